The molecule has 2 aromatic heterocycles. The fraction of sp³-hybridized carbons (Fsp3) is 0.152. The quantitative estimate of drug-likeness (QED) is 0.160. The Morgan fingerprint density at radius 3 is 2.36 bits per heavy atom. The van der Waals surface area contributed by atoms with Crippen molar-refractivity contribution < 1.29 is 33.3 Å². The fourth-order valence-electron chi connectivity index (χ4n) is 4.59. The van der Waals surface area contributed by atoms with Gasteiger partial charge in [-0.2, -0.15) is 0 Å². The first kappa shape index (κ1) is 30.5. The summed E-state index contributed by atoms with van der Waals surface area (Å²) in [4.78, 5) is 43.9. The summed E-state index contributed by atoms with van der Waals surface area (Å²) in [6, 6.07) is 21.1. The van der Waals surface area contributed by atoms with Crippen LogP contribution in [-0.4, -0.2) is 50.3 Å². The molecule has 0 radical (unpaired) electrons. The van der Waals surface area contributed by atoms with E-state index in [0.717, 1.165) is 11.3 Å². The van der Waals surface area contributed by atoms with Crippen LogP contribution in [0.15, 0.2) is 78.2 Å². The van der Waals surface area contributed by atoms with Gasteiger partial charge in [0.1, 0.15) is 10.6 Å². The number of hydrogen-bond donors (Lipinski definition) is 1. The van der Waals surface area contributed by atoms with Gasteiger partial charge in [0.2, 0.25) is 0 Å². The number of methoxy groups -OCH3 is 2. The van der Waals surface area contributed by atoms with Crippen molar-refractivity contribution in [3.8, 4) is 33.9 Å². The number of hydrogen-bond acceptors (Lipinski definition) is 9. The zero-order valence-electron chi connectivity index (χ0n) is 24.0. The van der Waals surface area contributed by atoms with Crippen molar-refractivity contribution in [1.82, 2.24) is 4.98 Å². The second-order valence-corrected chi connectivity index (χ2v) is 10.6. The van der Waals surface area contributed by atoms with Crippen LogP contribution < -0.4 is 14.8 Å². The van der Waals surface area contributed by atoms with Crippen LogP contribution in [0.2, 0.25) is 5.02 Å². The number of halogens is 1. The Hall–Kier alpha value is -4.93. The lowest BCUT2D eigenvalue weighted by molar-refractivity contribution is -0.119. The number of nitrogens with zero attached hydrogens (tertiary/aromatic N) is 1. The van der Waals surface area contributed by atoms with Crippen LogP contribution in [0.5, 0.6) is 11.5 Å². The third kappa shape index (κ3) is 6.36. The predicted octanol–water partition coefficient (Wildman–Crippen LogP) is 7.27. The van der Waals surface area contributed by atoms with E-state index in [9.17, 15) is 14.4 Å². The third-order valence-electron chi connectivity index (χ3n) is 6.64. The molecule has 3 aromatic carbocycles. The highest BCUT2D eigenvalue weighted by atomic mass is 35.5. The Morgan fingerprint density at radius 1 is 0.864 bits per heavy atom. The highest BCUT2D eigenvalue weighted by molar-refractivity contribution is 7.15. The fourth-order valence-corrected chi connectivity index (χ4v) is 5.79. The van der Waals surface area contributed by atoms with Gasteiger partial charge >= 0.3 is 11.9 Å². The van der Waals surface area contributed by atoms with Crippen molar-refractivity contribution in [3.63, 3.8) is 0 Å². The van der Waals surface area contributed by atoms with Crippen molar-refractivity contribution in [2.75, 3.05) is 32.8 Å². The summed E-state index contributed by atoms with van der Waals surface area (Å²) in [5.74, 6) is -0.890. The maximum atomic E-state index is 13.3. The number of amides is 1. The lowest BCUT2D eigenvalue weighted by Gasteiger charge is -2.12. The highest BCUT2D eigenvalue weighted by Gasteiger charge is 2.25. The molecule has 0 bridgehead atoms. The molecule has 5 rings (SSSR count). The molecule has 44 heavy (non-hydrogen) atoms. The number of carbonyl (C=O) groups is 3. The largest absolute Gasteiger partial charge is 0.493 e. The second kappa shape index (κ2) is 13.6. The standard InChI is InChI=1S/C33H27ClN2O7S/c1-4-42-33(39)30-23(20-9-5-7-11-24(20)34)18-44-31(30)36-29(37)17-43-32(38)22-16-26(35-25-12-8-6-10-21(22)25)19-13-14-27(40-2)28(15-19)41-3/h5-16,18H,4,17H2,1-3H3,(H,36,37). The van der Waals surface area contributed by atoms with Gasteiger partial charge in [-0.3, -0.25) is 4.79 Å². The number of pyridine rings is 1. The van der Waals surface area contributed by atoms with Gasteiger partial charge in [0.25, 0.3) is 5.91 Å². The number of fused-ring (bicyclic) bond motifs is 1. The zero-order valence-corrected chi connectivity index (χ0v) is 25.6. The minimum atomic E-state index is -0.714. The monoisotopic (exact) mass is 630 g/mol. The summed E-state index contributed by atoms with van der Waals surface area (Å²) in [6.45, 7) is 1.24. The summed E-state index contributed by atoms with van der Waals surface area (Å²) < 4.78 is 21.4. The lowest BCUT2D eigenvalue weighted by Crippen LogP contribution is -2.22. The Kier molecular flexibility index (Phi) is 9.42. The van der Waals surface area contributed by atoms with E-state index in [1.807, 2.05) is 6.07 Å². The van der Waals surface area contributed by atoms with Crippen molar-refractivity contribution >= 4 is 56.7 Å². The van der Waals surface area contributed by atoms with Crippen molar-refractivity contribution in [3.05, 3.63) is 94.3 Å². The molecule has 0 saturated heterocycles. The SMILES string of the molecule is CCOC(=O)c1c(-c2ccccc2Cl)csc1NC(=O)COC(=O)c1cc(-c2ccc(OC)c(OC)c2)nc2ccccc12. The van der Waals surface area contributed by atoms with E-state index in [2.05, 4.69) is 5.32 Å². The number of esters is 2. The smallest absolute Gasteiger partial charge is 0.341 e. The molecule has 0 atom stereocenters. The van der Waals surface area contributed by atoms with Crippen LogP contribution in [0.25, 0.3) is 33.3 Å². The number of aromatic nitrogens is 1. The molecule has 0 saturated carbocycles. The van der Waals surface area contributed by atoms with Crippen molar-refractivity contribution in [1.29, 1.82) is 0 Å². The van der Waals surface area contributed by atoms with Gasteiger partial charge in [-0.1, -0.05) is 48.0 Å². The molecule has 0 aliphatic carbocycles. The van der Waals surface area contributed by atoms with Gasteiger partial charge in [0, 0.05) is 32.5 Å². The molecular weight excluding hydrogens is 604 g/mol. The Labute approximate surface area is 262 Å². The molecule has 0 spiro atoms. The average Bonchev–Trinajstić information content (AvgIpc) is 3.46. The molecule has 0 fully saturated rings. The van der Waals surface area contributed by atoms with E-state index in [-0.39, 0.29) is 22.7 Å². The van der Waals surface area contributed by atoms with Gasteiger partial charge in [-0.15, -0.1) is 11.3 Å². The summed E-state index contributed by atoms with van der Waals surface area (Å²) in [5.41, 5.74) is 3.32. The number of anilines is 1. The van der Waals surface area contributed by atoms with E-state index in [0.29, 0.717) is 49.8 Å². The second-order valence-electron chi connectivity index (χ2n) is 9.32. The lowest BCUT2D eigenvalue weighted by atomic mass is 10.0. The van der Waals surface area contributed by atoms with Gasteiger partial charge in [0.15, 0.2) is 18.1 Å². The van der Waals surface area contributed by atoms with E-state index in [1.165, 1.54) is 7.11 Å². The number of carbonyl (C=O) groups excluding carboxylic acids is 3. The molecule has 9 nitrogen and oxygen atoms in total. The van der Waals surface area contributed by atoms with Crippen LogP contribution in [0.3, 0.4) is 0 Å². The number of ether oxygens (including phenoxy) is 4. The maximum Gasteiger partial charge on any atom is 0.341 e. The van der Waals surface area contributed by atoms with Crippen LogP contribution in [0, 0.1) is 0 Å². The minimum absolute atomic E-state index is 0.146. The van der Waals surface area contributed by atoms with E-state index >= 15 is 0 Å². The Bertz CT molecular complexity index is 1870. The first-order valence-electron chi connectivity index (χ1n) is 13.5. The number of thiophene rings is 1. The number of nitrogens with one attached hydrogen (secondary N) is 1. The Balaban J connectivity index is 1.39. The number of benzene rings is 3. The molecule has 2 heterocycles. The van der Waals surface area contributed by atoms with Crippen LogP contribution in [0.4, 0.5) is 5.00 Å². The van der Waals surface area contributed by atoms with Gasteiger partial charge in [-0.25, -0.2) is 14.6 Å². The molecule has 0 aliphatic heterocycles. The van der Waals surface area contributed by atoms with Gasteiger partial charge < -0.3 is 24.3 Å². The molecule has 1 N–H and O–H groups in total. The normalized spacial score (nSPS) is 10.7. The van der Waals surface area contributed by atoms with Crippen molar-refractivity contribution in [2.45, 2.75) is 6.92 Å². The van der Waals surface area contributed by atoms with Crippen LogP contribution >= 0.6 is 22.9 Å². The zero-order chi connectivity index (χ0) is 31.2. The van der Waals surface area contributed by atoms with Crippen LogP contribution in [-0.2, 0) is 14.3 Å². The molecule has 5 aromatic rings. The summed E-state index contributed by atoms with van der Waals surface area (Å²) >= 11 is 7.52. The summed E-state index contributed by atoms with van der Waals surface area (Å²) in [6.07, 6.45) is 0. The first-order valence-corrected chi connectivity index (χ1v) is 14.7. The molecule has 0 aliphatic rings. The molecule has 11 heteroatoms. The van der Waals surface area contributed by atoms with E-state index < -0.39 is 24.5 Å². The molecule has 0 unspecified atom stereocenters. The predicted molar refractivity (Wildman–Crippen MR) is 170 cm³/mol. The highest BCUT2D eigenvalue weighted by Crippen LogP contribution is 2.39. The van der Waals surface area contributed by atoms with E-state index in [1.54, 1.807) is 86.1 Å². The Morgan fingerprint density at radius 2 is 1.61 bits per heavy atom. The molecular formula is C33H27ClN2O7S. The number of para-hydroxylation sites is 1. The van der Waals surface area contributed by atoms with Crippen molar-refractivity contribution in [2.24, 2.45) is 0 Å². The average molecular weight is 631 g/mol. The van der Waals surface area contributed by atoms with E-state index in [4.69, 9.17) is 35.5 Å². The maximum absolute atomic E-state index is 13.3. The summed E-state index contributed by atoms with van der Waals surface area (Å²) in [5, 5.41) is 5.66. The number of rotatable bonds is 10. The summed E-state index contributed by atoms with van der Waals surface area (Å²) in [7, 11) is 3.08. The first-order chi connectivity index (χ1) is 21.3. The van der Waals surface area contributed by atoms with Crippen LogP contribution in [0.1, 0.15) is 27.6 Å². The van der Waals surface area contributed by atoms with Gasteiger partial charge in [0.05, 0.1) is 37.6 Å². The molecule has 224 valence electrons. The van der Waals surface area contributed by atoms with Gasteiger partial charge in [-0.05, 0) is 43.3 Å². The topological polar surface area (TPSA) is 113 Å². The minimum Gasteiger partial charge on any atom is -0.493 e. The molecule has 1 amide bonds. The third-order valence-corrected chi connectivity index (χ3v) is 7.86.